The third kappa shape index (κ3) is 3.60. The molecule has 2 rings (SSSR count). The summed E-state index contributed by atoms with van der Waals surface area (Å²) in [6.45, 7) is 1.39. The number of aromatic nitrogens is 2. The lowest BCUT2D eigenvalue weighted by Crippen LogP contribution is -2.04. The second kappa shape index (κ2) is 7.09. The van der Waals surface area contributed by atoms with Crippen LogP contribution in [0.15, 0.2) is 35.3 Å². The summed E-state index contributed by atoms with van der Waals surface area (Å²) >= 11 is 3.39. The highest BCUT2D eigenvalue weighted by Gasteiger charge is 2.11. The van der Waals surface area contributed by atoms with Gasteiger partial charge >= 0.3 is 0 Å². The van der Waals surface area contributed by atoms with Gasteiger partial charge in [-0.3, -0.25) is 4.79 Å². The van der Waals surface area contributed by atoms with Gasteiger partial charge in [0.05, 0.1) is 24.5 Å². The molecule has 0 bridgehead atoms. The van der Waals surface area contributed by atoms with Crippen LogP contribution in [0.4, 0.5) is 0 Å². The second-order valence-corrected chi connectivity index (χ2v) is 5.01. The Hall–Kier alpha value is -1.82. The van der Waals surface area contributed by atoms with E-state index in [-0.39, 0.29) is 0 Å². The van der Waals surface area contributed by atoms with E-state index < -0.39 is 0 Å². The SMILES string of the molecule is COc1cc(C=O)cc(Br)c1OCCCn1ccnc1. The van der Waals surface area contributed by atoms with Gasteiger partial charge in [0.15, 0.2) is 11.5 Å². The van der Waals surface area contributed by atoms with E-state index in [4.69, 9.17) is 9.47 Å². The molecule has 0 saturated heterocycles. The number of imidazole rings is 1. The van der Waals surface area contributed by atoms with Crippen LogP contribution < -0.4 is 9.47 Å². The monoisotopic (exact) mass is 338 g/mol. The van der Waals surface area contributed by atoms with Crippen LogP contribution in [-0.4, -0.2) is 29.6 Å². The normalized spacial score (nSPS) is 10.3. The molecule has 1 aromatic heterocycles. The van der Waals surface area contributed by atoms with Crippen LogP contribution in [0.25, 0.3) is 0 Å². The maximum absolute atomic E-state index is 10.8. The number of nitrogens with zero attached hydrogens (tertiary/aromatic N) is 2. The van der Waals surface area contributed by atoms with Crippen molar-refractivity contribution in [3.8, 4) is 11.5 Å². The van der Waals surface area contributed by atoms with E-state index in [1.165, 1.54) is 0 Å². The fraction of sp³-hybridized carbons (Fsp3) is 0.286. The number of benzene rings is 1. The first-order valence-electron chi connectivity index (χ1n) is 6.16. The summed E-state index contributed by atoms with van der Waals surface area (Å²) in [4.78, 5) is 14.8. The Morgan fingerprint density at radius 2 is 2.30 bits per heavy atom. The fourth-order valence-electron chi connectivity index (χ4n) is 1.79. The van der Waals surface area contributed by atoms with Gasteiger partial charge in [0, 0.05) is 24.5 Å². The molecule has 0 aliphatic rings. The molecular formula is C14H15BrN2O3. The van der Waals surface area contributed by atoms with Crippen molar-refractivity contribution in [3.63, 3.8) is 0 Å². The molecule has 0 atom stereocenters. The van der Waals surface area contributed by atoms with Gasteiger partial charge in [-0.2, -0.15) is 0 Å². The quantitative estimate of drug-likeness (QED) is 0.575. The van der Waals surface area contributed by atoms with Crippen LogP contribution in [-0.2, 0) is 6.54 Å². The lowest BCUT2D eigenvalue weighted by molar-refractivity contribution is 0.112. The number of hydrogen-bond acceptors (Lipinski definition) is 4. The van der Waals surface area contributed by atoms with Crippen LogP contribution >= 0.6 is 15.9 Å². The zero-order chi connectivity index (χ0) is 14.4. The standard InChI is InChI=1S/C14H15BrN2O3/c1-19-13-8-11(9-18)7-12(15)14(13)20-6-2-4-17-5-3-16-10-17/h3,5,7-10H,2,4,6H2,1H3. The van der Waals surface area contributed by atoms with Crippen LogP contribution in [0.1, 0.15) is 16.8 Å². The van der Waals surface area contributed by atoms with E-state index in [2.05, 4.69) is 20.9 Å². The maximum Gasteiger partial charge on any atom is 0.175 e. The zero-order valence-electron chi connectivity index (χ0n) is 11.1. The van der Waals surface area contributed by atoms with Gasteiger partial charge in [-0.25, -0.2) is 4.98 Å². The number of aryl methyl sites for hydroxylation is 1. The zero-order valence-corrected chi connectivity index (χ0v) is 12.7. The molecule has 1 heterocycles. The topological polar surface area (TPSA) is 53.4 Å². The Morgan fingerprint density at radius 1 is 1.45 bits per heavy atom. The van der Waals surface area contributed by atoms with E-state index in [1.807, 2.05) is 10.8 Å². The highest BCUT2D eigenvalue weighted by molar-refractivity contribution is 9.10. The number of halogens is 1. The molecule has 5 nitrogen and oxygen atoms in total. The average Bonchev–Trinajstić information content (AvgIpc) is 2.97. The number of carbonyl (C=O) groups excluding carboxylic acids is 1. The van der Waals surface area contributed by atoms with Crippen molar-refractivity contribution in [3.05, 3.63) is 40.9 Å². The predicted octanol–water partition coefficient (Wildman–Crippen LogP) is 2.94. The summed E-state index contributed by atoms with van der Waals surface area (Å²) in [5.41, 5.74) is 0.541. The number of methoxy groups -OCH3 is 1. The molecular weight excluding hydrogens is 324 g/mol. The Balaban J connectivity index is 1.96. The van der Waals surface area contributed by atoms with Gasteiger partial charge in [-0.15, -0.1) is 0 Å². The second-order valence-electron chi connectivity index (χ2n) is 4.15. The van der Waals surface area contributed by atoms with Crippen molar-refractivity contribution >= 4 is 22.2 Å². The minimum atomic E-state index is 0.541. The molecule has 0 N–H and O–H groups in total. The Labute approximate surface area is 125 Å². The average molecular weight is 339 g/mol. The van der Waals surface area contributed by atoms with E-state index in [0.29, 0.717) is 28.1 Å². The minimum Gasteiger partial charge on any atom is -0.493 e. The molecule has 0 unspecified atom stereocenters. The first-order chi connectivity index (χ1) is 9.74. The van der Waals surface area contributed by atoms with Gasteiger partial charge in [0.1, 0.15) is 6.29 Å². The molecule has 0 spiro atoms. The number of aldehydes is 1. The third-order valence-electron chi connectivity index (χ3n) is 2.75. The summed E-state index contributed by atoms with van der Waals surface area (Å²) in [5, 5.41) is 0. The van der Waals surface area contributed by atoms with Crippen molar-refractivity contribution in [1.29, 1.82) is 0 Å². The van der Waals surface area contributed by atoms with Gasteiger partial charge in [-0.05, 0) is 34.5 Å². The Morgan fingerprint density at radius 3 is 2.95 bits per heavy atom. The molecule has 0 amide bonds. The van der Waals surface area contributed by atoms with Crippen LogP contribution in [0.3, 0.4) is 0 Å². The molecule has 0 fully saturated rings. The van der Waals surface area contributed by atoms with Gasteiger partial charge in [0.2, 0.25) is 0 Å². The largest absolute Gasteiger partial charge is 0.493 e. The first-order valence-corrected chi connectivity index (χ1v) is 6.95. The van der Waals surface area contributed by atoms with Crippen molar-refractivity contribution in [2.24, 2.45) is 0 Å². The molecule has 20 heavy (non-hydrogen) atoms. The molecule has 106 valence electrons. The molecule has 0 aliphatic heterocycles. The molecule has 0 aliphatic carbocycles. The van der Waals surface area contributed by atoms with E-state index in [1.54, 1.807) is 31.8 Å². The lowest BCUT2D eigenvalue weighted by atomic mass is 10.2. The van der Waals surface area contributed by atoms with Crippen molar-refractivity contribution in [2.75, 3.05) is 13.7 Å². The molecule has 0 radical (unpaired) electrons. The van der Waals surface area contributed by atoms with Crippen molar-refractivity contribution < 1.29 is 14.3 Å². The Kier molecular flexibility index (Phi) is 5.17. The minimum absolute atomic E-state index is 0.541. The van der Waals surface area contributed by atoms with E-state index >= 15 is 0 Å². The lowest BCUT2D eigenvalue weighted by Gasteiger charge is -2.13. The summed E-state index contributed by atoms with van der Waals surface area (Å²) in [5.74, 6) is 1.16. The molecule has 2 aromatic rings. The molecule has 6 heteroatoms. The van der Waals surface area contributed by atoms with Gasteiger partial charge < -0.3 is 14.0 Å². The predicted molar refractivity (Wildman–Crippen MR) is 78.4 cm³/mol. The van der Waals surface area contributed by atoms with Crippen molar-refractivity contribution in [2.45, 2.75) is 13.0 Å². The number of ether oxygens (including phenoxy) is 2. The van der Waals surface area contributed by atoms with Crippen LogP contribution in [0, 0.1) is 0 Å². The third-order valence-corrected chi connectivity index (χ3v) is 3.34. The fourth-order valence-corrected chi connectivity index (χ4v) is 2.36. The van der Waals surface area contributed by atoms with Gasteiger partial charge in [-0.1, -0.05) is 0 Å². The summed E-state index contributed by atoms with van der Waals surface area (Å²) in [6.07, 6.45) is 7.06. The van der Waals surface area contributed by atoms with E-state index in [0.717, 1.165) is 19.3 Å². The number of carbonyl (C=O) groups is 1. The van der Waals surface area contributed by atoms with E-state index in [9.17, 15) is 4.79 Å². The first kappa shape index (κ1) is 14.6. The molecule has 0 saturated carbocycles. The maximum atomic E-state index is 10.8. The smallest absolute Gasteiger partial charge is 0.175 e. The summed E-state index contributed by atoms with van der Waals surface area (Å²) < 4.78 is 13.7. The summed E-state index contributed by atoms with van der Waals surface area (Å²) in [7, 11) is 1.55. The number of hydrogen-bond donors (Lipinski definition) is 0. The highest BCUT2D eigenvalue weighted by Crippen LogP contribution is 2.36. The summed E-state index contributed by atoms with van der Waals surface area (Å²) in [6, 6.07) is 3.36. The highest BCUT2D eigenvalue weighted by atomic mass is 79.9. The number of rotatable bonds is 7. The molecule has 1 aromatic carbocycles. The van der Waals surface area contributed by atoms with Crippen molar-refractivity contribution in [1.82, 2.24) is 9.55 Å². The van der Waals surface area contributed by atoms with Gasteiger partial charge in [0.25, 0.3) is 0 Å². The Bertz CT molecular complexity index is 570. The van der Waals surface area contributed by atoms with Crippen LogP contribution in [0.2, 0.25) is 0 Å². The van der Waals surface area contributed by atoms with Crippen LogP contribution in [0.5, 0.6) is 11.5 Å².